The summed E-state index contributed by atoms with van der Waals surface area (Å²) < 4.78 is 6.74. The third-order valence-corrected chi connectivity index (χ3v) is 3.63. The van der Waals surface area contributed by atoms with Crippen molar-refractivity contribution in [1.82, 2.24) is 4.98 Å². The van der Waals surface area contributed by atoms with Crippen LogP contribution in [-0.4, -0.2) is 4.98 Å². The van der Waals surface area contributed by atoms with Crippen LogP contribution in [0.2, 0.25) is 0 Å². The lowest BCUT2D eigenvalue weighted by Gasteiger charge is -2.09. The summed E-state index contributed by atoms with van der Waals surface area (Å²) in [4.78, 5) is 4.00. The molecule has 4 heteroatoms. The first-order valence-corrected chi connectivity index (χ1v) is 6.60. The van der Waals surface area contributed by atoms with Crippen molar-refractivity contribution in [1.29, 1.82) is 0 Å². The first-order valence-electron chi connectivity index (χ1n) is 5.81. The molecule has 0 bridgehead atoms. The van der Waals surface area contributed by atoms with Crippen molar-refractivity contribution in [2.24, 2.45) is 0 Å². The van der Waals surface area contributed by atoms with Gasteiger partial charge in [-0.15, -0.1) is 0 Å². The van der Waals surface area contributed by atoms with Crippen molar-refractivity contribution in [2.45, 2.75) is 0 Å². The van der Waals surface area contributed by atoms with E-state index in [2.05, 4.69) is 27.0 Å². The van der Waals surface area contributed by atoms with Gasteiger partial charge in [0.2, 0.25) is 0 Å². The molecule has 0 spiro atoms. The smallest absolute Gasteiger partial charge is 0.145 e. The maximum absolute atomic E-state index is 5.81. The van der Waals surface area contributed by atoms with Gasteiger partial charge in [-0.3, -0.25) is 0 Å². The van der Waals surface area contributed by atoms with Gasteiger partial charge in [0, 0.05) is 0 Å². The molecule has 3 nitrogen and oxygen atoms in total. The molecular formula is C15H11BrN2O. The van der Waals surface area contributed by atoms with Crippen molar-refractivity contribution in [3.63, 3.8) is 0 Å². The molecule has 0 aliphatic carbocycles. The third-order valence-electron chi connectivity index (χ3n) is 2.81. The number of benzene rings is 2. The number of rotatable bonds is 2. The molecule has 2 aromatic carbocycles. The van der Waals surface area contributed by atoms with E-state index in [0.717, 1.165) is 21.0 Å². The molecule has 94 valence electrons. The van der Waals surface area contributed by atoms with Crippen LogP contribution in [0, 0.1) is 0 Å². The van der Waals surface area contributed by atoms with E-state index in [0.29, 0.717) is 11.6 Å². The van der Waals surface area contributed by atoms with Crippen molar-refractivity contribution >= 4 is 32.5 Å². The maximum atomic E-state index is 5.81. The molecule has 0 atom stereocenters. The molecule has 3 aromatic rings. The zero-order valence-electron chi connectivity index (χ0n) is 10.0. The molecular weight excluding hydrogens is 304 g/mol. The van der Waals surface area contributed by atoms with Crippen LogP contribution in [0.25, 0.3) is 10.8 Å². The van der Waals surface area contributed by atoms with Crippen LogP contribution in [0.1, 0.15) is 0 Å². The summed E-state index contributed by atoms with van der Waals surface area (Å²) in [7, 11) is 0. The average molecular weight is 315 g/mol. The summed E-state index contributed by atoms with van der Waals surface area (Å²) in [6, 6.07) is 15.6. The van der Waals surface area contributed by atoms with E-state index < -0.39 is 0 Å². The number of hydrogen-bond donors (Lipinski definition) is 1. The summed E-state index contributed by atoms with van der Waals surface area (Å²) in [5.41, 5.74) is 5.55. The average Bonchev–Trinajstić information content (AvgIpc) is 2.45. The highest BCUT2D eigenvalue weighted by molar-refractivity contribution is 9.10. The monoisotopic (exact) mass is 314 g/mol. The molecule has 0 saturated carbocycles. The van der Waals surface area contributed by atoms with Gasteiger partial charge >= 0.3 is 0 Å². The largest absolute Gasteiger partial charge is 0.455 e. The molecule has 3 rings (SSSR count). The fraction of sp³-hybridized carbons (Fsp3) is 0. The van der Waals surface area contributed by atoms with Gasteiger partial charge in [0.25, 0.3) is 0 Å². The number of nitrogens with zero attached hydrogens (tertiary/aromatic N) is 1. The number of halogens is 1. The molecule has 0 saturated heterocycles. The number of aromatic nitrogens is 1. The Hall–Kier alpha value is -2.07. The standard InChI is InChI=1S/C15H11BrN2O/c16-15-12-4-2-1-3-10(12)5-7-13(15)19-11-6-8-14(17)18-9-11/h1-9H,(H2,17,18). The van der Waals surface area contributed by atoms with Gasteiger partial charge in [0.05, 0.1) is 10.7 Å². The zero-order chi connectivity index (χ0) is 13.2. The SMILES string of the molecule is Nc1ccc(Oc2ccc3ccccc3c2Br)cn1. The summed E-state index contributed by atoms with van der Waals surface area (Å²) in [6.45, 7) is 0. The molecule has 0 aliphatic rings. The Morgan fingerprint density at radius 1 is 1.00 bits per heavy atom. The minimum Gasteiger partial charge on any atom is -0.455 e. The van der Waals surface area contributed by atoms with Crippen LogP contribution >= 0.6 is 15.9 Å². The fourth-order valence-electron chi connectivity index (χ4n) is 1.87. The summed E-state index contributed by atoms with van der Waals surface area (Å²) in [5, 5.41) is 2.28. The Morgan fingerprint density at radius 2 is 1.84 bits per heavy atom. The van der Waals surface area contributed by atoms with Crippen LogP contribution in [0.5, 0.6) is 11.5 Å². The highest BCUT2D eigenvalue weighted by Crippen LogP contribution is 2.35. The van der Waals surface area contributed by atoms with Crippen LogP contribution in [0.15, 0.2) is 59.2 Å². The van der Waals surface area contributed by atoms with Gasteiger partial charge in [0.15, 0.2) is 0 Å². The molecule has 0 unspecified atom stereocenters. The normalized spacial score (nSPS) is 10.6. The number of fused-ring (bicyclic) bond motifs is 1. The number of nitrogen functional groups attached to an aromatic ring is 1. The number of pyridine rings is 1. The topological polar surface area (TPSA) is 48.1 Å². The molecule has 0 amide bonds. The second kappa shape index (κ2) is 4.90. The minimum absolute atomic E-state index is 0.477. The lowest BCUT2D eigenvalue weighted by atomic mass is 10.1. The van der Waals surface area contributed by atoms with Gasteiger partial charge in [-0.05, 0) is 44.9 Å². The molecule has 19 heavy (non-hydrogen) atoms. The number of hydrogen-bond acceptors (Lipinski definition) is 3. The highest BCUT2D eigenvalue weighted by atomic mass is 79.9. The Labute approximate surface area is 119 Å². The maximum Gasteiger partial charge on any atom is 0.145 e. The van der Waals surface area contributed by atoms with Crippen molar-refractivity contribution in [2.75, 3.05) is 5.73 Å². The highest BCUT2D eigenvalue weighted by Gasteiger charge is 2.07. The second-order valence-corrected chi connectivity index (χ2v) is 4.91. The second-order valence-electron chi connectivity index (χ2n) is 4.12. The quantitative estimate of drug-likeness (QED) is 0.764. The fourth-order valence-corrected chi connectivity index (χ4v) is 2.45. The van der Waals surface area contributed by atoms with Gasteiger partial charge in [0.1, 0.15) is 17.3 Å². The molecule has 2 N–H and O–H groups in total. The molecule has 0 aliphatic heterocycles. The van der Waals surface area contributed by atoms with E-state index in [1.807, 2.05) is 30.3 Å². The lowest BCUT2D eigenvalue weighted by molar-refractivity contribution is 0.478. The number of anilines is 1. The predicted octanol–water partition coefficient (Wildman–Crippen LogP) is 4.37. The van der Waals surface area contributed by atoms with Crippen molar-refractivity contribution in [3.8, 4) is 11.5 Å². The van der Waals surface area contributed by atoms with E-state index in [4.69, 9.17) is 10.5 Å². The van der Waals surface area contributed by atoms with Gasteiger partial charge in [-0.1, -0.05) is 30.3 Å². The zero-order valence-corrected chi connectivity index (χ0v) is 11.6. The molecule has 0 fully saturated rings. The molecule has 1 heterocycles. The number of nitrogens with two attached hydrogens (primary N) is 1. The minimum atomic E-state index is 0.477. The Balaban J connectivity index is 2.01. The van der Waals surface area contributed by atoms with E-state index in [1.165, 1.54) is 0 Å². The first kappa shape index (κ1) is 12.0. The summed E-state index contributed by atoms with van der Waals surface area (Å²) >= 11 is 3.58. The van der Waals surface area contributed by atoms with Crippen molar-refractivity contribution < 1.29 is 4.74 Å². The first-order chi connectivity index (χ1) is 9.24. The Kier molecular flexibility index (Phi) is 3.09. The Bertz CT molecular complexity index is 726. The van der Waals surface area contributed by atoms with Crippen LogP contribution in [-0.2, 0) is 0 Å². The van der Waals surface area contributed by atoms with E-state index in [9.17, 15) is 0 Å². The summed E-state index contributed by atoms with van der Waals surface area (Å²) in [5.74, 6) is 1.89. The molecule has 0 radical (unpaired) electrons. The van der Waals surface area contributed by atoms with E-state index in [-0.39, 0.29) is 0 Å². The van der Waals surface area contributed by atoms with Crippen molar-refractivity contribution in [3.05, 3.63) is 59.2 Å². The lowest BCUT2D eigenvalue weighted by Crippen LogP contribution is -1.91. The van der Waals surface area contributed by atoms with E-state index >= 15 is 0 Å². The third kappa shape index (κ3) is 2.39. The summed E-state index contributed by atoms with van der Waals surface area (Å²) in [6.07, 6.45) is 1.61. The van der Waals surface area contributed by atoms with Crippen LogP contribution in [0.4, 0.5) is 5.82 Å². The van der Waals surface area contributed by atoms with Gasteiger partial charge < -0.3 is 10.5 Å². The molecule has 1 aromatic heterocycles. The van der Waals surface area contributed by atoms with Gasteiger partial charge in [-0.25, -0.2) is 4.98 Å². The van der Waals surface area contributed by atoms with Crippen LogP contribution < -0.4 is 10.5 Å². The Morgan fingerprint density at radius 3 is 2.63 bits per heavy atom. The van der Waals surface area contributed by atoms with Gasteiger partial charge in [-0.2, -0.15) is 0 Å². The van der Waals surface area contributed by atoms with E-state index in [1.54, 1.807) is 18.3 Å². The predicted molar refractivity (Wildman–Crippen MR) is 80.4 cm³/mol. The number of ether oxygens (including phenoxy) is 1. The van der Waals surface area contributed by atoms with Crippen LogP contribution in [0.3, 0.4) is 0 Å².